The summed E-state index contributed by atoms with van der Waals surface area (Å²) < 4.78 is 5.44. The first-order valence-electron chi connectivity index (χ1n) is 11.3. The van der Waals surface area contributed by atoms with Gasteiger partial charge in [0.15, 0.2) is 5.96 Å². The lowest BCUT2D eigenvalue weighted by molar-refractivity contribution is 0.245. The molecular formula is C24H37IN6O. The zero-order chi connectivity index (χ0) is 21.7. The van der Waals surface area contributed by atoms with Crippen LogP contribution in [0.4, 0.5) is 5.82 Å². The quantitative estimate of drug-likeness (QED) is 0.170. The summed E-state index contributed by atoms with van der Waals surface area (Å²) in [6.07, 6.45) is 6.47. The normalized spacial score (nSPS) is 15.0. The van der Waals surface area contributed by atoms with E-state index in [1.807, 2.05) is 31.3 Å². The van der Waals surface area contributed by atoms with Crippen LogP contribution in [0, 0.1) is 0 Å². The molecule has 1 atom stereocenters. The van der Waals surface area contributed by atoms with E-state index in [9.17, 15) is 0 Å². The highest BCUT2D eigenvalue weighted by molar-refractivity contribution is 14.0. The molecule has 1 aliphatic rings. The lowest BCUT2D eigenvalue weighted by Crippen LogP contribution is -2.43. The average molecular weight is 553 g/mol. The van der Waals surface area contributed by atoms with Crippen molar-refractivity contribution in [1.82, 2.24) is 20.5 Å². The van der Waals surface area contributed by atoms with Crippen LogP contribution < -0.4 is 20.7 Å². The highest BCUT2D eigenvalue weighted by Crippen LogP contribution is 2.27. The summed E-state index contributed by atoms with van der Waals surface area (Å²) in [6, 6.07) is 14.6. The number of aliphatic imine (C=N–C) groups is 1. The minimum atomic E-state index is 0. The Balaban J connectivity index is 0.00000363. The smallest absolute Gasteiger partial charge is 0.191 e. The van der Waals surface area contributed by atoms with Gasteiger partial charge < -0.3 is 20.7 Å². The Kier molecular flexibility index (Phi) is 12.2. The van der Waals surface area contributed by atoms with E-state index in [1.54, 1.807) is 13.3 Å². The van der Waals surface area contributed by atoms with Crippen LogP contribution in [0.25, 0.3) is 0 Å². The second-order valence-electron chi connectivity index (χ2n) is 7.76. The summed E-state index contributed by atoms with van der Waals surface area (Å²) in [5, 5.41) is 10.3. The number of unbranched alkanes of at least 4 members (excludes halogenated alkanes) is 1. The molecule has 1 aromatic heterocycles. The molecule has 0 bridgehead atoms. The van der Waals surface area contributed by atoms with Crippen molar-refractivity contribution in [3.63, 3.8) is 0 Å². The first kappa shape index (κ1) is 26.2. The Labute approximate surface area is 209 Å². The first-order valence-corrected chi connectivity index (χ1v) is 11.3. The fraction of sp³-hybridized carbons (Fsp3) is 0.500. The number of likely N-dealkylation sites (tertiary alicyclic amines) is 1. The van der Waals surface area contributed by atoms with Gasteiger partial charge in [0, 0.05) is 32.9 Å². The maximum atomic E-state index is 5.44. The summed E-state index contributed by atoms with van der Waals surface area (Å²) in [7, 11) is 3.55. The number of aromatic nitrogens is 1. The summed E-state index contributed by atoms with van der Waals surface area (Å²) in [4.78, 5) is 11.2. The van der Waals surface area contributed by atoms with E-state index >= 15 is 0 Å². The fourth-order valence-corrected chi connectivity index (χ4v) is 3.91. The molecule has 0 aliphatic carbocycles. The van der Waals surface area contributed by atoms with E-state index in [2.05, 4.69) is 49.0 Å². The van der Waals surface area contributed by atoms with Crippen LogP contribution in [0.5, 0.6) is 5.75 Å². The average Bonchev–Trinajstić information content (AvgIpc) is 3.35. The van der Waals surface area contributed by atoms with Gasteiger partial charge in [0.25, 0.3) is 0 Å². The van der Waals surface area contributed by atoms with Gasteiger partial charge in [-0.3, -0.25) is 9.89 Å². The predicted octanol–water partition coefficient (Wildman–Crippen LogP) is 3.90. The van der Waals surface area contributed by atoms with Gasteiger partial charge in [0.05, 0.1) is 13.2 Å². The largest absolute Gasteiger partial charge is 0.497 e. The van der Waals surface area contributed by atoms with Gasteiger partial charge in [-0.25, -0.2) is 4.98 Å². The summed E-state index contributed by atoms with van der Waals surface area (Å²) in [5.74, 6) is 2.69. The van der Waals surface area contributed by atoms with Crippen molar-refractivity contribution < 1.29 is 4.74 Å². The molecule has 1 fully saturated rings. The SMILES string of the molecule is CN=C(NCCCCNc1ccccn1)NCC(c1cccc(OC)c1)N1CCCC1.I. The van der Waals surface area contributed by atoms with E-state index in [-0.39, 0.29) is 24.0 Å². The number of anilines is 1. The number of rotatable bonds is 11. The molecular weight excluding hydrogens is 515 g/mol. The van der Waals surface area contributed by atoms with Gasteiger partial charge in [-0.05, 0) is 68.6 Å². The van der Waals surface area contributed by atoms with Crippen molar-refractivity contribution in [2.75, 3.05) is 52.2 Å². The zero-order valence-corrected chi connectivity index (χ0v) is 21.5. The number of nitrogens with zero attached hydrogens (tertiary/aromatic N) is 3. The number of benzene rings is 1. The van der Waals surface area contributed by atoms with Crippen molar-refractivity contribution in [2.45, 2.75) is 31.7 Å². The molecule has 1 aliphatic heterocycles. The fourth-order valence-electron chi connectivity index (χ4n) is 3.91. The van der Waals surface area contributed by atoms with Crippen LogP contribution in [0.15, 0.2) is 53.7 Å². The number of guanidine groups is 1. The number of ether oxygens (including phenoxy) is 1. The summed E-state index contributed by atoms with van der Waals surface area (Å²) in [6.45, 7) is 4.89. The monoisotopic (exact) mass is 552 g/mol. The van der Waals surface area contributed by atoms with E-state index < -0.39 is 0 Å². The lowest BCUT2D eigenvalue weighted by Gasteiger charge is -2.29. The molecule has 1 saturated heterocycles. The molecule has 7 nitrogen and oxygen atoms in total. The zero-order valence-electron chi connectivity index (χ0n) is 19.2. The standard InChI is InChI=1S/C24H36N6O.HI/c1-25-24(28-15-6-5-14-27-23-12-3-4-13-26-23)29-19-22(30-16-7-8-17-30)20-10-9-11-21(18-20)31-2;/h3-4,9-13,18,22H,5-8,14-17,19H2,1-2H3,(H,26,27)(H2,25,28,29);1H. The highest BCUT2D eigenvalue weighted by Gasteiger charge is 2.24. The minimum Gasteiger partial charge on any atom is -0.497 e. The van der Waals surface area contributed by atoms with Gasteiger partial charge in [0.2, 0.25) is 0 Å². The number of methoxy groups -OCH3 is 1. The second kappa shape index (κ2) is 14.9. The molecule has 0 amide bonds. The molecule has 3 rings (SSSR count). The molecule has 3 N–H and O–H groups in total. The molecule has 0 spiro atoms. The van der Waals surface area contributed by atoms with Gasteiger partial charge in [0.1, 0.15) is 11.6 Å². The topological polar surface area (TPSA) is 73.8 Å². The van der Waals surface area contributed by atoms with Gasteiger partial charge in [-0.2, -0.15) is 0 Å². The maximum absolute atomic E-state index is 5.44. The Morgan fingerprint density at radius 2 is 1.91 bits per heavy atom. The highest BCUT2D eigenvalue weighted by atomic mass is 127. The number of nitrogens with one attached hydrogen (secondary N) is 3. The number of pyridine rings is 1. The van der Waals surface area contributed by atoms with Crippen molar-refractivity contribution >= 4 is 35.8 Å². The Bertz CT molecular complexity index is 798. The molecule has 2 aromatic rings. The number of halogens is 1. The first-order chi connectivity index (χ1) is 15.3. The van der Waals surface area contributed by atoms with Crippen molar-refractivity contribution in [1.29, 1.82) is 0 Å². The minimum absolute atomic E-state index is 0. The van der Waals surface area contributed by atoms with Crippen molar-refractivity contribution in [3.05, 3.63) is 54.2 Å². The molecule has 1 aromatic carbocycles. The third-order valence-electron chi connectivity index (χ3n) is 5.61. The van der Waals surface area contributed by atoms with E-state index in [1.165, 1.54) is 18.4 Å². The Morgan fingerprint density at radius 3 is 2.62 bits per heavy atom. The van der Waals surface area contributed by atoms with Crippen LogP contribution in [0.2, 0.25) is 0 Å². The van der Waals surface area contributed by atoms with E-state index in [0.29, 0.717) is 6.04 Å². The van der Waals surface area contributed by atoms with Crippen LogP contribution in [0.1, 0.15) is 37.3 Å². The Morgan fingerprint density at radius 1 is 1.09 bits per heavy atom. The Hall–Kier alpha value is -2.07. The third-order valence-corrected chi connectivity index (χ3v) is 5.61. The van der Waals surface area contributed by atoms with Crippen molar-refractivity contribution in [3.8, 4) is 5.75 Å². The number of hydrogen-bond acceptors (Lipinski definition) is 5. The predicted molar refractivity (Wildman–Crippen MR) is 143 cm³/mol. The molecule has 0 radical (unpaired) electrons. The summed E-state index contributed by atoms with van der Waals surface area (Å²) >= 11 is 0. The molecule has 176 valence electrons. The second-order valence-corrected chi connectivity index (χ2v) is 7.76. The van der Waals surface area contributed by atoms with E-state index in [4.69, 9.17) is 4.74 Å². The van der Waals surface area contributed by atoms with Crippen LogP contribution in [0.3, 0.4) is 0 Å². The molecule has 1 unspecified atom stereocenters. The van der Waals surface area contributed by atoms with Gasteiger partial charge >= 0.3 is 0 Å². The molecule has 0 saturated carbocycles. The van der Waals surface area contributed by atoms with Gasteiger partial charge in [-0.1, -0.05) is 18.2 Å². The third kappa shape index (κ3) is 8.46. The molecule has 2 heterocycles. The molecule has 32 heavy (non-hydrogen) atoms. The van der Waals surface area contributed by atoms with Crippen LogP contribution in [-0.2, 0) is 0 Å². The van der Waals surface area contributed by atoms with E-state index in [0.717, 1.165) is 63.1 Å². The van der Waals surface area contributed by atoms with Crippen LogP contribution in [-0.4, -0.2) is 62.7 Å². The van der Waals surface area contributed by atoms with Gasteiger partial charge in [-0.15, -0.1) is 24.0 Å². The number of hydrogen-bond donors (Lipinski definition) is 3. The van der Waals surface area contributed by atoms with Crippen LogP contribution >= 0.6 is 24.0 Å². The van der Waals surface area contributed by atoms with Crippen molar-refractivity contribution in [2.24, 2.45) is 4.99 Å². The summed E-state index contributed by atoms with van der Waals surface area (Å²) in [5.41, 5.74) is 1.28. The maximum Gasteiger partial charge on any atom is 0.191 e. The lowest BCUT2D eigenvalue weighted by atomic mass is 10.1. The molecule has 8 heteroatoms.